The Hall–Kier alpha value is -0.880. The number of methoxy groups -OCH3 is 1. The number of esters is 1. The van der Waals surface area contributed by atoms with Crippen molar-refractivity contribution < 1.29 is 9.53 Å². The van der Waals surface area contributed by atoms with Crippen LogP contribution in [-0.2, 0) is 4.74 Å². The molecule has 0 spiro atoms. The van der Waals surface area contributed by atoms with E-state index in [1.807, 2.05) is 11.8 Å². The number of nitrogens with two attached hydrogens (primary N) is 1. The van der Waals surface area contributed by atoms with Gasteiger partial charge < -0.3 is 15.4 Å². The highest BCUT2D eigenvalue weighted by atomic mass is 32.2. The fourth-order valence-electron chi connectivity index (χ4n) is 2.88. The highest BCUT2D eigenvalue weighted by Crippen LogP contribution is 2.52. The van der Waals surface area contributed by atoms with Gasteiger partial charge in [0.15, 0.2) is 0 Å². The molecule has 2 heterocycles. The molecule has 116 valence electrons. The van der Waals surface area contributed by atoms with Crippen LogP contribution >= 0.6 is 23.1 Å². The summed E-state index contributed by atoms with van der Waals surface area (Å²) in [5.41, 5.74) is 8.12. The second kappa shape index (κ2) is 5.39. The molecule has 3 rings (SSSR count). The second-order valence-electron chi connectivity index (χ2n) is 6.36. The van der Waals surface area contributed by atoms with Gasteiger partial charge >= 0.3 is 5.97 Å². The third kappa shape index (κ3) is 2.88. The predicted molar refractivity (Wildman–Crippen MR) is 90.8 cm³/mol. The first-order valence-corrected chi connectivity index (χ1v) is 9.12. The van der Waals surface area contributed by atoms with Gasteiger partial charge in [-0.05, 0) is 32.6 Å². The van der Waals surface area contributed by atoms with E-state index in [2.05, 4.69) is 18.7 Å². The zero-order valence-electron chi connectivity index (χ0n) is 12.8. The maximum atomic E-state index is 11.9. The topological polar surface area (TPSA) is 55.6 Å². The Labute approximate surface area is 134 Å². The van der Waals surface area contributed by atoms with Crippen LogP contribution in [0.4, 0.5) is 10.7 Å². The smallest absolute Gasteiger partial charge is 0.350 e. The molecule has 2 N–H and O–H groups in total. The molecule has 0 aromatic carbocycles. The molecule has 0 amide bonds. The maximum absolute atomic E-state index is 11.9. The molecule has 1 aliphatic heterocycles. The van der Waals surface area contributed by atoms with Crippen molar-refractivity contribution in [3.8, 4) is 0 Å². The van der Waals surface area contributed by atoms with Gasteiger partial charge in [-0.3, -0.25) is 0 Å². The number of anilines is 2. The Morgan fingerprint density at radius 1 is 1.43 bits per heavy atom. The normalized spacial score (nSPS) is 21.4. The van der Waals surface area contributed by atoms with E-state index < -0.39 is 0 Å². The van der Waals surface area contributed by atoms with Gasteiger partial charge in [-0.15, -0.1) is 11.3 Å². The molecule has 1 aliphatic carbocycles. The lowest BCUT2D eigenvalue weighted by atomic mass is 10.1. The van der Waals surface area contributed by atoms with Crippen LogP contribution in [0.3, 0.4) is 0 Å². The summed E-state index contributed by atoms with van der Waals surface area (Å²) in [6, 6.07) is 0. The number of ether oxygens (including phenoxy) is 1. The molecule has 0 unspecified atom stereocenters. The number of hydrogen-bond donors (Lipinski definition) is 1. The summed E-state index contributed by atoms with van der Waals surface area (Å²) >= 11 is 3.52. The predicted octanol–water partition coefficient (Wildman–Crippen LogP) is 3.33. The highest BCUT2D eigenvalue weighted by Gasteiger charge is 2.37. The van der Waals surface area contributed by atoms with E-state index in [1.165, 1.54) is 41.9 Å². The van der Waals surface area contributed by atoms with E-state index >= 15 is 0 Å². The van der Waals surface area contributed by atoms with Gasteiger partial charge in [0, 0.05) is 29.2 Å². The number of rotatable bonds is 3. The fourth-order valence-corrected chi connectivity index (χ4v) is 5.24. The summed E-state index contributed by atoms with van der Waals surface area (Å²) < 4.78 is 5.12. The van der Waals surface area contributed by atoms with Crippen molar-refractivity contribution in [1.82, 2.24) is 0 Å². The Kier molecular flexibility index (Phi) is 3.86. The van der Waals surface area contributed by atoms with Crippen LogP contribution in [0.15, 0.2) is 0 Å². The fraction of sp³-hybridized carbons (Fsp3) is 0.667. The van der Waals surface area contributed by atoms with Crippen LogP contribution in [0.2, 0.25) is 0 Å². The van der Waals surface area contributed by atoms with E-state index in [9.17, 15) is 4.79 Å². The van der Waals surface area contributed by atoms with Crippen molar-refractivity contribution in [1.29, 1.82) is 0 Å². The quantitative estimate of drug-likeness (QED) is 0.864. The summed E-state index contributed by atoms with van der Waals surface area (Å²) in [7, 11) is 1.42. The van der Waals surface area contributed by atoms with Gasteiger partial charge in [0.05, 0.1) is 17.8 Å². The van der Waals surface area contributed by atoms with Crippen LogP contribution in [0.25, 0.3) is 0 Å². The van der Waals surface area contributed by atoms with Crippen LogP contribution in [0, 0.1) is 0 Å². The van der Waals surface area contributed by atoms with Crippen LogP contribution in [-0.4, -0.2) is 36.7 Å². The standard InChI is InChI=1S/C15H22N2O2S2/c1-15(2)8-17(6-7-20-15)13-10(9-4-5-9)11(16)12(21-13)14(18)19-3/h9H,4-8,16H2,1-3H3. The van der Waals surface area contributed by atoms with Crippen LogP contribution in [0.5, 0.6) is 0 Å². The minimum Gasteiger partial charge on any atom is -0.465 e. The molecular formula is C15H22N2O2S2. The van der Waals surface area contributed by atoms with E-state index in [0.717, 1.165) is 18.8 Å². The number of nitrogens with zero attached hydrogens (tertiary/aromatic N) is 1. The van der Waals surface area contributed by atoms with Gasteiger partial charge in [-0.1, -0.05) is 0 Å². The first kappa shape index (κ1) is 15.0. The Morgan fingerprint density at radius 3 is 2.71 bits per heavy atom. The largest absolute Gasteiger partial charge is 0.465 e. The minimum atomic E-state index is -0.309. The average Bonchev–Trinajstić information content (AvgIpc) is 3.20. The lowest BCUT2D eigenvalue weighted by molar-refractivity contribution is 0.0607. The lowest BCUT2D eigenvalue weighted by Crippen LogP contribution is -2.43. The number of carbonyl (C=O) groups is 1. The van der Waals surface area contributed by atoms with Crippen LogP contribution in [0.1, 0.15) is 47.8 Å². The molecular weight excluding hydrogens is 304 g/mol. The summed E-state index contributed by atoms with van der Waals surface area (Å²) in [6.45, 7) is 6.57. The van der Waals surface area contributed by atoms with Crippen molar-refractivity contribution in [2.75, 3.05) is 36.6 Å². The molecule has 1 aromatic heterocycles. The molecule has 4 nitrogen and oxygen atoms in total. The number of hydrogen-bond acceptors (Lipinski definition) is 6. The van der Waals surface area contributed by atoms with Gasteiger partial charge in [-0.2, -0.15) is 11.8 Å². The minimum absolute atomic E-state index is 0.239. The number of thiophene rings is 1. The summed E-state index contributed by atoms with van der Waals surface area (Å²) in [5.74, 6) is 1.34. The molecule has 1 aromatic rings. The summed E-state index contributed by atoms with van der Waals surface area (Å²) in [6.07, 6.45) is 2.36. The Balaban J connectivity index is 1.99. The van der Waals surface area contributed by atoms with E-state index in [4.69, 9.17) is 10.5 Å². The second-order valence-corrected chi connectivity index (χ2v) is 9.16. The molecule has 21 heavy (non-hydrogen) atoms. The van der Waals surface area contributed by atoms with Gasteiger partial charge in [0.2, 0.25) is 0 Å². The van der Waals surface area contributed by atoms with E-state index in [0.29, 0.717) is 16.5 Å². The summed E-state index contributed by atoms with van der Waals surface area (Å²) in [5, 5.41) is 1.20. The molecule has 1 saturated heterocycles. The maximum Gasteiger partial charge on any atom is 0.350 e. The molecule has 2 aliphatic rings. The number of carbonyl (C=O) groups excluding carboxylic acids is 1. The monoisotopic (exact) mass is 326 g/mol. The summed E-state index contributed by atoms with van der Waals surface area (Å²) in [4.78, 5) is 14.9. The SMILES string of the molecule is COC(=O)c1sc(N2CCSC(C)(C)C2)c(C2CC2)c1N. The first-order valence-electron chi connectivity index (χ1n) is 7.32. The van der Waals surface area contributed by atoms with Gasteiger partial charge in [0.1, 0.15) is 4.88 Å². The van der Waals surface area contributed by atoms with Crippen molar-refractivity contribution >= 4 is 39.8 Å². The molecule has 0 radical (unpaired) electrons. The molecule has 6 heteroatoms. The Morgan fingerprint density at radius 2 is 2.14 bits per heavy atom. The van der Waals surface area contributed by atoms with Crippen LogP contribution < -0.4 is 10.6 Å². The lowest BCUT2D eigenvalue weighted by Gasteiger charge is -2.38. The molecule has 0 bridgehead atoms. The average molecular weight is 326 g/mol. The zero-order chi connectivity index (χ0) is 15.2. The Bertz CT molecular complexity index is 564. The third-order valence-electron chi connectivity index (χ3n) is 4.03. The third-order valence-corrected chi connectivity index (χ3v) is 6.59. The number of nitrogen functional groups attached to an aromatic ring is 1. The van der Waals surface area contributed by atoms with Gasteiger partial charge in [-0.25, -0.2) is 4.79 Å². The zero-order valence-corrected chi connectivity index (χ0v) is 14.4. The first-order chi connectivity index (χ1) is 9.93. The number of thioether (sulfide) groups is 1. The van der Waals surface area contributed by atoms with Crippen molar-refractivity contribution in [2.24, 2.45) is 0 Å². The highest BCUT2D eigenvalue weighted by molar-refractivity contribution is 8.00. The van der Waals surface area contributed by atoms with E-state index in [-0.39, 0.29) is 10.7 Å². The van der Waals surface area contributed by atoms with Crippen molar-refractivity contribution in [3.63, 3.8) is 0 Å². The van der Waals surface area contributed by atoms with E-state index in [1.54, 1.807) is 0 Å². The molecule has 0 atom stereocenters. The van der Waals surface area contributed by atoms with Crippen molar-refractivity contribution in [3.05, 3.63) is 10.4 Å². The van der Waals surface area contributed by atoms with Gasteiger partial charge in [0.25, 0.3) is 0 Å². The van der Waals surface area contributed by atoms with Crippen molar-refractivity contribution in [2.45, 2.75) is 37.4 Å². The molecule has 2 fully saturated rings. The molecule has 1 saturated carbocycles.